The second kappa shape index (κ2) is 7.86. The van der Waals surface area contributed by atoms with E-state index in [-0.39, 0.29) is 11.3 Å². The zero-order chi connectivity index (χ0) is 18.7. The molecule has 3 aliphatic rings. The molecule has 0 radical (unpaired) electrons. The number of carbonyl (C=O) groups is 1. The number of nitrogens with one attached hydrogen (secondary N) is 1. The minimum Gasteiger partial charge on any atom is -0.324 e. The highest BCUT2D eigenvalue weighted by Crippen LogP contribution is 2.49. The number of benzene rings is 1. The number of hydrogen-bond acceptors (Lipinski definition) is 3. The van der Waals surface area contributed by atoms with Gasteiger partial charge in [-0.05, 0) is 50.8 Å². The van der Waals surface area contributed by atoms with Gasteiger partial charge in [0.25, 0.3) is 0 Å². The van der Waals surface area contributed by atoms with Crippen molar-refractivity contribution in [3.63, 3.8) is 0 Å². The van der Waals surface area contributed by atoms with Gasteiger partial charge < -0.3 is 5.32 Å². The van der Waals surface area contributed by atoms with E-state index in [1.807, 2.05) is 6.07 Å². The van der Waals surface area contributed by atoms with E-state index in [4.69, 9.17) is 0 Å². The number of nitrogens with zero attached hydrogens (tertiary/aromatic N) is 2. The lowest BCUT2D eigenvalue weighted by Gasteiger charge is -2.39. The second-order valence-electron chi connectivity index (χ2n) is 8.42. The van der Waals surface area contributed by atoms with Crippen molar-refractivity contribution in [1.29, 1.82) is 5.26 Å². The van der Waals surface area contributed by atoms with E-state index >= 15 is 0 Å². The highest BCUT2D eigenvalue weighted by molar-refractivity contribution is 5.91. The Labute approximate surface area is 162 Å². The molecule has 1 amide bonds. The third-order valence-electron chi connectivity index (χ3n) is 6.60. The van der Waals surface area contributed by atoms with Gasteiger partial charge in [-0.3, -0.25) is 9.69 Å². The van der Waals surface area contributed by atoms with Crippen molar-refractivity contribution in [3.8, 4) is 6.07 Å². The summed E-state index contributed by atoms with van der Waals surface area (Å²) >= 11 is 0. The van der Waals surface area contributed by atoms with E-state index in [1.165, 1.54) is 44.1 Å². The first-order valence-electron chi connectivity index (χ1n) is 10.5. The fourth-order valence-corrected chi connectivity index (χ4v) is 5.23. The number of likely N-dealkylation sites (tertiary alicyclic amines) is 1. The Kier molecular flexibility index (Phi) is 5.31. The smallest absolute Gasteiger partial charge is 0.238 e. The molecule has 1 aromatic rings. The SMILES string of the molecule is N#CC1=C(NC(=O)CN2CCCC2)c2ccccc2CC12CCCCCC2. The van der Waals surface area contributed by atoms with Crippen LogP contribution in [-0.4, -0.2) is 30.4 Å². The number of nitriles is 1. The van der Waals surface area contributed by atoms with Crippen LogP contribution in [0.5, 0.6) is 0 Å². The van der Waals surface area contributed by atoms with Crippen molar-refractivity contribution < 1.29 is 4.79 Å². The van der Waals surface area contributed by atoms with E-state index in [0.29, 0.717) is 6.54 Å². The van der Waals surface area contributed by atoms with Crippen LogP contribution in [-0.2, 0) is 11.2 Å². The number of amides is 1. The van der Waals surface area contributed by atoms with Gasteiger partial charge in [0.1, 0.15) is 0 Å². The molecule has 0 unspecified atom stereocenters. The first-order valence-corrected chi connectivity index (χ1v) is 10.5. The summed E-state index contributed by atoms with van der Waals surface area (Å²) in [5.41, 5.74) is 3.81. The van der Waals surface area contributed by atoms with Gasteiger partial charge >= 0.3 is 0 Å². The maximum absolute atomic E-state index is 12.8. The molecule has 1 saturated carbocycles. The fourth-order valence-electron chi connectivity index (χ4n) is 5.23. The summed E-state index contributed by atoms with van der Waals surface area (Å²) in [6.45, 7) is 2.42. The van der Waals surface area contributed by atoms with Crippen LogP contribution in [0.4, 0.5) is 0 Å². The lowest BCUT2D eigenvalue weighted by atomic mass is 9.65. The van der Waals surface area contributed by atoms with Gasteiger partial charge in [-0.25, -0.2) is 0 Å². The minimum atomic E-state index is -0.101. The van der Waals surface area contributed by atoms with E-state index < -0.39 is 0 Å². The predicted octanol–water partition coefficient (Wildman–Crippen LogP) is 4.03. The Bertz CT molecular complexity index is 775. The summed E-state index contributed by atoms with van der Waals surface area (Å²) in [5.74, 6) is 0.0140. The van der Waals surface area contributed by atoms with Crippen molar-refractivity contribution in [2.24, 2.45) is 5.41 Å². The molecule has 1 saturated heterocycles. The topological polar surface area (TPSA) is 56.1 Å². The first kappa shape index (κ1) is 18.3. The molecule has 2 aliphatic carbocycles. The van der Waals surface area contributed by atoms with Gasteiger partial charge in [0.15, 0.2) is 0 Å². The van der Waals surface area contributed by atoms with Crippen molar-refractivity contribution >= 4 is 11.6 Å². The van der Waals surface area contributed by atoms with Gasteiger partial charge in [-0.2, -0.15) is 5.26 Å². The lowest BCUT2D eigenvalue weighted by Crippen LogP contribution is -2.39. The molecule has 0 atom stereocenters. The maximum atomic E-state index is 12.8. The standard InChI is InChI=1S/C23H29N3O/c24-16-20-22(25-21(27)17-26-13-7-8-14-26)19-10-4-3-9-18(19)15-23(20)11-5-1-2-6-12-23/h3-4,9-10H,1-2,5-8,11-15,17H2,(H,25,27). The molecule has 0 aromatic heterocycles. The number of hydrogen-bond donors (Lipinski definition) is 1. The molecular weight excluding hydrogens is 334 g/mol. The van der Waals surface area contributed by atoms with Crippen LogP contribution in [0.15, 0.2) is 29.8 Å². The molecule has 1 aromatic carbocycles. The van der Waals surface area contributed by atoms with Gasteiger partial charge in [-0.1, -0.05) is 49.9 Å². The van der Waals surface area contributed by atoms with Gasteiger partial charge in [0.2, 0.25) is 5.91 Å². The van der Waals surface area contributed by atoms with E-state index in [0.717, 1.165) is 49.2 Å². The molecule has 142 valence electrons. The Morgan fingerprint density at radius 1 is 1.07 bits per heavy atom. The third kappa shape index (κ3) is 3.66. The van der Waals surface area contributed by atoms with Crippen LogP contribution in [0.1, 0.15) is 62.5 Å². The number of rotatable bonds is 3. The normalized spacial score (nSPS) is 22.2. The molecule has 1 aliphatic heterocycles. The monoisotopic (exact) mass is 363 g/mol. The zero-order valence-corrected chi connectivity index (χ0v) is 16.1. The molecule has 1 heterocycles. The van der Waals surface area contributed by atoms with Gasteiger partial charge in [-0.15, -0.1) is 0 Å². The largest absolute Gasteiger partial charge is 0.324 e. The molecule has 27 heavy (non-hydrogen) atoms. The molecule has 1 N–H and O–H groups in total. The Balaban J connectivity index is 1.69. The highest BCUT2D eigenvalue weighted by Gasteiger charge is 2.41. The molecular formula is C23H29N3O. The Morgan fingerprint density at radius 3 is 2.48 bits per heavy atom. The summed E-state index contributed by atoms with van der Waals surface area (Å²) in [6.07, 6.45) is 10.2. The lowest BCUT2D eigenvalue weighted by molar-refractivity contribution is -0.120. The van der Waals surface area contributed by atoms with Gasteiger partial charge in [0.05, 0.1) is 23.9 Å². The van der Waals surface area contributed by atoms with Crippen LogP contribution < -0.4 is 5.32 Å². The minimum absolute atomic E-state index is 0.0140. The molecule has 2 fully saturated rings. The van der Waals surface area contributed by atoms with Crippen LogP contribution >= 0.6 is 0 Å². The summed E-state index contributed by atoms with van der Waals surface area (Å²) < 4.78 is 0. The van der Waals surface area contributed by atoms with E-state index in [9.17, 15) is 10.1 Å². The van der Waals surface area contributed by atoms with E-state index in [1.54, 1.807) is 0 Å². The molecule has 4 heteroatoms. The summed E-state index contributed by atoms with van der Waals surface area (Å²) in [4.78, 5) is 15.0. The fraction of sp³-hybridized carbons (Fsp3) is 0.565. The third-order valence-corrected chi connectivity index (χ3v) is 6.60. The Hall–Kier alpha value is -2.12. The highest BCUT2D eigenvalue weighted by atomic mass is 16.2. The first-order chi connectivity index (χ1) is 13.2. The van der Waals surface area contributed by atoms with Crippen molar-refractivity contribution in [2.45, 2.75) is 57.8 Å². The summed E-state index contributed by atoms with van der Waals surface area (Å²) in [7, 11) is 0. The summed E-state index contributed by atoms with van der Waals surface area (Å²) in [6, 6.07) is 10.8. The van der Waals surface area contributed by atoms with Crippen LogP contribution in [0, 0.1) is 16.7 Å². The van der Waals surface area contributed by atoms with Crippen LogP contribution in [0.25, 0.3) is 5.70 Å². The van der Waals surface area contributed by atoms with Crippen molar-refractivity contribution in [1.82, 2.24) is 10.2 Å². The van der Waals surface area contributed by atoms with Gasteiger partial charge in [0, 0.05) is 11.0 Å². The number of allylic oxidation sites excluding steroid dienone is 1. The average Bonchev–Trinajstić information content (AvgIpc) is 3.07. The molecule has 1 spiro atoms. The van der Waals surface area contributed by atoms with Crippen LogP contribution in [0.2, 0.25) is 0 Å². The van der Waals surface area contributed by atoms with Crippen LogP contribution in [0.3, 0.4) is 0 Å². The molecule has 4 nitrogen and oxygen atoms in total. The number of fused-ring (bicyclic) bond motifs is 1. The zero-order valence-electron chi connectivity index (χ0n) is 16.1. The van der Waals surface area contributed by atoms with E-state index in [2.05, 4.69) is 34.5 Å². The Morgan fingerprint density at radius 2 is 1.78 bits per heavy atom. The molecule has 0 bridgehead atoms. The maximum Gasteiger partial charge on any atom is 0.238 e. The summed E-state index contributed by atoms with van der Waals surface area (Å²) in [5, 5.41) is 13.3. The van der Waals surface area contributed by atoms with Crippen molar-refractivity contribution in [2.75, 3.05) is 19.6 Å². The van der Waals surface area contributed by atoms with Crippen molar-refractivity contribution in [3.05, 3.63) is 41.0 Å². The predicted molar refractivity (Wildman–Crippen MR) is 107 cm³/mol. The quantitative estimate of drug-likeness (QED) is 0.882. The number of carbonyl (C=O) groups excluding carboxylic acids is 1. The average molecular weight is 364 g/mol. The second-order valence-corrected chi connectivity index (χ2v) is 8.42. The molecule has 4 rings (SSSR count).